The van der Waals surface area contributed by atoms with Crippen LogP contribution in [0.1, 0.15) is 53.4 Å². The Labute approximate surface area is 187 Å². The number of allylic oxidation sites excluding steroid dienone is 4. The topological polar surface area (TPSA) is 116 Å². The number of hydrogen-bond acceptors (Lipinski definition) is 8. The molecular weight excluding hydrogens is 416 g/mol. The lowest BCUT2D eigenvalue weighted by Crippen LogP contribution is -2.39. The van der Waals surface area contributed by atoms with E-state index in [1.165, 1.54) is 38.5 Å². The van der Waals surface area contributed by atoms with E-state index in [4.69, 9.17) is 14.2 Å². The predicted octanol–water partition coefficient (Wildman–Crippen LogP) is 3.06. The minimum absolute atomic E-state index is 0.302. The molecule has 1 heterocycles. The van der Waals surface area contributed by atoms with Crippen molar-refractivity contribution in [2.75, 3.05) is 0 Å². The summed E-state index contributed by atoms with van der Waals surface area (Å²) in [6.45, 7) is 5.61. The first-order chi connectivity index (χ1) is 15.0. The van der Waals surface area contributed by atoms with Crippen molar-refractivity contribution in [1.29, 1.82) is 0 Å². The summed E-state index contributed by atoms with van der Waals surface area (Å²) in [7, 11) is 0. The number of ketones is 1. The van der Waals surface area contributed by atoms with E-state index in [9.17, 15) is 24.3 Å². The van der Waals surface area contributed by atoms with Gasteiger partial charge in [0.15, 0.2) is 5.78 Å². The van der Waals surface area contributed by atoms with E-state index < -0.39 is 35.7 Å². The average Bonchev–Trinajstić information content (AvgIpc) is 2.78. The Kier molecular flexibility index (Phi) is 8.72. The van der Waals surface area contributed by atoms with Gasteiger partial charge in [-0.15, -0.1) is 0 Å². The molecular formula is C24H30O8. The Morgan fingerprint density at radius 2 is 1.91 bits per heavy atom. The van der Waals surface area contributed by atoms with Crippen LogP contribution in [0, 0.1) is 11.8 Å². The highest BCUT2D eigenvalue weighted by Gasteiger charge is 2.42. The van der Waals surface area contributed by atoms with E-state index in [2.05, 4.69) is 0 Å². The molecule has 0 aromatic carbocycles. The smallest absolute Gasteiger partial charge is 0.307 e. The Balaban J connectivity index is 2.57. The van der Waals surface area contributed by atoms with Gasteiger partial charge in [-0.25, -0.2) is 0 Å². The molecule has 0 aromatic heterocycles. The molecule has 8 heteroatoms. The van der Waals surface area contributed by atoms with Crippen LogP contribution in [0.25, 0.3) is 0 Å². The molecule has 0 radical (unpaired) electrons. The third-order valence-corrected chi connectivity index (χ3v) is 5.19. The number of rotatable bonds is 6. The van der Waals surface area contributed by atoms with E-state index in [-0.39, 0.29) is 5.78 Å². The molecule has 0 spiro atoms. The second-order valence-corrected chi connectivity index (χ2v) is 8.46. The lowest BCUT2D eigenvalue weighted by Gasteiger charge is -2.37. The first kappa shape index (κ1) is 25.3. The van der Waals surface area contributed by atoms with Crippen LogP contribution in [0.2, 0.25) is 0 Å². The molecule has 3 atom stereocenters. The minimum Gasteiger partial charge on any atom is -0.461 e. The predicted molar refractivity (Wildman–Crippen MR) is 115 cm³/mol. The normalized spacial score (nSPS) is 25.3. The first-order valence-electron chi connectivity index (χ1n) is 10.5. The fraction of sp³-hybridized carbons (Fsp3) is 0.500. The van der Waals surface area contributed by atoms with E-state index in [1.54, 1.807) is 19.9 Å². The molecule has 0 saturated heterocycles. The van der Waals surface area contributed by atoms with Gasteiger partial charge in [0.25, 0.3) is 6.29 Å². The van der Waals surface area contributed by atoms with Crippen LogP contribution in [0.5, 0.6) is 0 Å². The van der Waals surface area contributed by atoms with Crippen LogP contribution in [0.3, 0.4) is 0 Å². The fourth-order valence-electron chi connectivity index (χ4n) is 3.73. The van der Waals surface area contributed by atoms with Gasteiger partial charge >= 0.3 is 11.9 Å². The van der Waals surface area contributed by atoms with Crippen molar-refractivity contribution < 1.29 is 38.5 Å². The van der Waals surface area contributed by atoms with Gasteiger partial charge in [-0.1, -0.05) is 6.08 Å². The lowest BCUT2D eigenvalue weighted by molar-refractivity contribution is -0.180. The molecule has 0 fully saturated rings. The summed E-state index contributed by atoms with van der Waals surface area (Å²) in [5.41, 5.74) is 0.360. The second kappa shape index (κ2) is 11.0. The number of hydrogen-bond donors (Lipinski definition) is 1. The van der Waals surface area contributed by atoms with Crippen LogP contribution in [0.4, 0.5) is 0 Å². The highest BCUT2D eigenvalue weighted by Crippen LogP contribution is 2.42. The summed E-state index contributed by atoms with van der Waals surface area (Å²) in [5, 5.41) is 9.94. The molecule has 32 heavy (non-hydrogen) atoms. The Hall–Kier alpha value is -3.00. The van der Waals surface area contributed by atoms with Crippen LogP contribution in [-0.4, -0.2) is 41.0 Å². The molecule has 1 aliphatic carbocycles. The standard InChI is InChI=1S/C24H30O8/c1-15(26)30-13-18-7-5-6-17(12-25)8-9-19-20(21(28)10-11-24(3,4)29)14-31-23(22(18)19)32-16(2)27/h8,10-14,19,22-23,29H,5-7,9H2,1-4H3/t19-,22-,23-/m0/s1. The summed E-state index contributed by atoms with van der Waals surface area (Å²) < 4.78 is 16.2. The molecule has 2 rings (SSSR count). The number of fused-ring (bicyclic) bond motifs is 1. The molecule has 0 bridgehead atoms. The van der Waals surface area contributed by atoms with Gasteiger partial charge in [0.1, 0.15) is 6.29 Å². The molecule has 2 aliphatic rings. The van der Waals surface area contributed by atoms with E-state index in [0.717, 1.165) is 6.29 Å². The van der Waals surface area contributed by atoms with E-state index in [1.807, 2.05) is 0 Å². The molecule has 174 valence electrons. The van der Waals surface area contributed by atoms with Crippen LogP contribution in [0.15, 0.2) is 47.5 Å². The van der Waals surface area contributed by atoms with Crippen molar-refractivity contribution in [1.82, 2.24) is 0 Å². The number of esters is 2. The highest BCUT2D eigenvalue weighted by atomic mass is 16.7. The van der Waals surface area contributed by atoms with Crippen molar-refractivity contribution in [3.8, 4) is 0 Å². The third-order valence-electron chi connectivity index (χ3n) is 5.19. The molecule has 1 aliphatic heterocycles. The van der Waals surface area contributed by atoms with E-state index in [0.29, 0.717) is 42.4 Å². The average molecular weight is 446 g/mol. The Morgan fingerprint density at radius 3 is 2.50 bits per heavy atom. The van der Waals surface area contributed by atoms with Gasteiger partial charge in [-0.05, 0) is 62.8 Å². The van der Waals surface area contributed by atoms with Gasteiger partial charge in [-0.3, -0.25) is 19.2 Å². The van der Waals surface area contributed by atoms with Crippen molar-refractivity contribution in [3.63, 3.8) is 0 Å². The summed E-state index contributed by atoms with van der Waals surface area (Å²) in [6, 6.07) is 0. The van der Waals surface area contributed by atoms with Gasteiger partial charge in [0.05, 0.1) is 24.0 Å². The first-order valence-corrected chi connectivity index (χ1v) is 10.5. The van der Waals surface area contributed by atoms with E-state index >= 15 is 0 Å². The number of carbonyl (C=O) groups excluding carboxylic acids is 4. The van der Waals surface area contributed by atoms with Gasteiger partial charge < -0.3 is 19.3 Å². The number of aliphatic hydroxyl groups is 1. The molecule has 0 saturated carbocycles. The molecule has 0 unspecified atom stereocenters. The zero-order chi connectivity index (χ0) is 23.9. The maximum Gasteiger partial charge on any atom is 0.307 e. The van der Waals surface area contributed by atoms with Crippen LogP contribution in [-0.2, 0) is 33.4 Å². The van der Waals surface area contributed by atoms with Crippen LogP contribution < -0.4 is 0 Å². The lowest BCUT2D eigenvalue weighted by atomic mass is 9.75. The zero-order valence-electron chi connectivity index (χ0n) is 18.8. The number of aldehydes is 1. The van der Waals surface area contributed by atoms with Crippen molar-refractivity contribution in [2.45, 2.75) is 65.3 Å². The largest absolute Gasteiger partial charge is 0.461 e. The second-order valence-electron chi connectivity index (χ2n) is 8.46. The van der Waals surface area contributed by atoms with Gasteiger partial charge in [0, 0.05) is 25.3 Å². The van der Waals surface area contributed by atoms with Crippen molar-refractivity contribution in [2.24, 2.45) is 11.8 Å². The summed E-state index contributed by atoms with van der Waals surface area (Å²) in [5.74, 6) is -2.58. The Bertz CT molecular complexity index is 869. The maximum atomic E-state index is 13.0. The molecule has 1 N–H and O–H groups in total. The highest BCUT2D eigenvalue weighted by molar-refractivity contribution is 6.04. The number of carbonyl (C=O) groups is 4. The monoisotopic (exact) mass is 446 g/mol. The quantitative estimate of drug-likeness (QED) is 0.286. The van der Waals surface area contributed by atoms with Gasteiger partial charge in [-0.2, -0.15) is 0 Å². The summed E-state index contributed by atoms with van der Waals surface area (Å²) >= 11 is 0. The molecule has 0 aromatic rings. The molecule has 8 nitrogen and oxygen atoms in total. The van der Waals surface area contributed by atoms with Gasteiger partial charge in [0.2, 0.25) is 0 Å². The summed E-state index contributed by atoms with van der Waals surface area (Å²) in [4.78, 5) is 47.6. The summed E-state index contributed by atoms with van der Waals surface area (Å²) in [6.07, 6.45) is 8.64. The van der Waals surface area contributed by atoms with Crippen molar-refractivity contribution in [3.05, 3.63) is 47.5 Å². The molecule has 0 amide bonds. The van der Waals surface area contributed by atoms with Crippen molar-refractivity contribution >= 4 is 24.0 Å². The third kappa shape index (κ3) is 7.30. The maximum absolute atomic E-state index is 13.0. The minimum atomic E-state index is -1.19. The zero-order valence-corrected chi connectivity index (χ0v) is 18.8. The SMILES string of the molecule is CC(=O)OC=C1CCCC(C=O)=CC[C@H]2C(C(=O)C=CC(C)(C)O)=CO[C@@H](OC(C)=O)[C@@H]12. The number of ether oxygens (including phenoxy) is 3. The fourth-order valence-corrected chi connectivity index (χ4v) is 3.73. The van der Waals surface area contributed by atoms with Crippen LogP contribution >= 0.6 is 0 Å². The Morgan fingerprint density at radius 1 is 1.19 bits per heavy atom.